The predicted octanol–water partition coefficient (Wildman–Crippen LogP) is 0.572. The van der Waals surface area contributed by atoms with Crippen molar-refractivity contribution in [3.05, 3.63) is 0 Å². The minimum Gasteiger partial charge on any atom is -0.481 e. The van der Waals surface area contributed by atoms with E-state index in [1.807, 2.05) is 13.8 Å². The van der Waals surface area contributed by atoms with Crippen LogP contribution in [-0.2, 0) is 9.59 Å². The fraction of sp³-hybridized carbons (Fsp3) is 0.846. The summed E-state index contributed by atoms with van der Waals surface area (Å²) < 4.78 is 0. The van der Waals surface area contributed by atoms with Crippen LogP contribution in [0.15, 0.2) is 0 Å². The van der Waals surface area contributed by atoms with E-state index in [1.54, 1.807) is 11.8 Å². The van der Waals surface area contributed by atoms with Crippen molar-refractivity contribution in [1.29, 1.82) is 0 Å². The molecule has 2 rings (SSSR count). The van der Waals surface area contributed by atoms with Gasteiger partial charge in [-0.05, 0) is 18.8 Å². The highest BCUT2D eigenvalue weighted by atomic mass is 16.4. The molecule has 2 N–H and O–H groups in total. The molecule has 2 fully saturated rings. The Kier molecular flexibility index (Phi) is 3.13. The molecule has 1 amide bonds. The van der Waals surface area contributed by atoms with Gasteiger partial charge in [0.15, 0.2) is 0 Å². The second kappa shape index (κ2) is 4.23. The lowest BCUT2D eigenvalue weighted by Crippen LogP contribution is -2.33. The molecule has 1 aliphatic carbocycles. The maximum absolute atomic E-state index is 12.3. The summed E-state index contributed by atoms with van der Waals surface area (Å²) in [6, 6.07) is 0. The van der Waals surface area contributed by atoms with Crippen LogP contribution in [-0.4, -0.2) is 46.2 Å². The lowest BCUT2D eigenvalue weighted by molar-refractivity contribution is -0.141. The number of aliphatic hydroxyl groups is 1. The number of hydrogen-bond donors (Lipinski definition) is 2. The molecule has 0 bridgehead atoms. The van der Waals surface area contributed by atoms with Crippen molar-refractivity contribution in [2.45, 2.75) is 33.3 Å². The minimum absolute atomic E-state index is 0.0597. The molecule has 1 heterocycles. The normalized spacial score (nSPS) is 35.3. The Morgan fingerprint density at radius 3 is 2.33 bits per heavy atom. The molecule has 0 aromatic heterocycles. The number of carbonyl (C=O) groups excluding carboxylic acids is 1. The zero-order chi connectivity index (χ0) is 13.7. The average molecular weight is 255 g/mol. The number of carboxylic acid groups (broad SMARTS) is 1. The Hall–Kier alpha value is -1.10. The molecule has 0 aromatic rings. The summed E-state index contributed by atoms with van der Waals surface area (Å²) in [6.45, 7) is 6.58. The number of carboxylic acids is 1. The van der Waals surface area contributed by atoms with Gasteiger partial charge in [-0.1, -0.05) is 13.8 Å². The van der Waals surface area contributed by atoms with Crippen LogP contribution in [0.4, 0.5) is 0 Å². The lowest BCUT2D eigenvalue weighted by atomic mass is 10.0. The summed E-state index contributed by atoms with van der Waals surface area (Å²) in [4.78, 5) is 25.1. The molecule has 18 heavy (non-hydrogen) atoms. The smallest absolute Gasteiger partial charge is 0.307 e. The number of rotatable bonds is 3. The molecule has 1 aliphatic heterocycles. The van der Waals surface area contributed by atoms with Crippen molar-refractivity contribution < 1.29 is 19.8 Å². The molecule has 4 atom stereocenters. The van der Waals surface area contributed by atoms with Gasteiger partial charge in [0, 0.05) is 19.0 Å². The fourth-order valence-electron chi connectivity index (χ4n) is 3.14. The summed E-state index contributed by atoms with van der Waals surface area (Å²) in [5.74, 6) is -1.78. The van der Waals surface area contributed by atoms with Gasteiger partial charge in [-0.3, -0.25) is 9.59 Å². The van der Waals surface area contributed by atoms with E-state index in [4.69, 9.17) is 5.11 Å². The van der Waals surface area contributed by atoms with Gasteiger partial charge in [-0.25, -0.2) is 0 Å². The Morgan fingerprint density at radius 2 is 1.94 bits per heavy atom. The first-order valence-electron chi connectivity index (χ1n) is 6.46. The SMILES string of the molecule is CC(O)C1CCN(C(=O)C2C(C(=O)O)C2(C)C)C1. The minimum atomic E-state index is -0.885. The summed E-state index contributed by atoms with van der Waals surface area (Å²) >= 11 is 0. The Morgan fingerprint density at radius 1 is 1.33 bits per heavy atom. The van der Waals surface area contributed by atoms with Gasteiger partial charge in [0.1, 0.15) is 0 Å². The highest BCUT2D eigenvalue weighted by Gasteiger charge is 2.66. The van der Waals surface area contributed by atoms with Crippen LogP contribution in [0.5, 0.6) is 0 Å². The standard InChI is InChI=1S/C13H21NO4/c1-7(15)8-4-5-14(6-8)11(16)9-10(12(17)18)13(9,2)3/h7-10,15H,4-6H2,1-3H3,(H,17,18). The predicted molar refractivity (Wildman–Crippen MR) is 64.8 cm³/mol. The Labute approximate surface area is 107 Å². The van der Waals surface area contributed by atoms with Crippen molar-refractivity contribution in [1.82, 2.24) is 4.90 Å². The van der Waals surface area contributed by atoms with E-state index in [0.717, 1.165) is 6.42 Å². The van der Waals surface area contributed by atoms with Crippen molar-refractivity contribution in [3.8, 4) is 0 Å². The quantitative estimate of drug-likeness (QED) is 0.773. The Bertz CT molecular complexity index is 377. The first-order valence-corrected chi connectivity index (χ1v) is 6.46. The monoisotopic (exact) mass is 255 g/mol. The third-order valence-electron chi connectivity index (χ3n) is 4.58. The topological polar surface area (TPSA) is 77.8 Å². The summed E-state index contributed by atoms with van der Waals surface area (Å²) in [7, 11) is 0. The van der Waals surface area contributed by atoms with Crippen LogP contribution < -0.4 is 0 Å². The molecule has 1 saturated heterocycles. The van der Waals surface area contributed by atoms with Crippen LogP contribution in [0.2, 0.25) is 0 Å². The number of aliphatic carboxylic acids is 1. The number of hydrogen-bond acceptors (Lipinski definition) is 3. The van der Waals surface area contributed by atoms with E-state index >= 15 is 0 Å². The summed E-state index contributed by atoms with van der Waals surface area (Å²) in [6.07, 6.45) is 0.388. The molecule has 2 aliphatic rings. The van der Waals surface area contributed by atoms with Crippen LogP contribution in [0.25, 0.3) is 0 Å². The summed E-state index contributed by atoms with van der Waals surface area (Å²) in [5.41, 5.74) is -0.439. The zero-order valence-electron chi connectivity index (χ0n) is 11.1. The molecule has 1 saturated carbocycles. The van der Waals surface area contributed by atoms with Gasteiger partial charge >= 0.3 is 5.97 Å². The molecule has 5 nitrogen and oxygen atoms in total. The molecule has 4 unspecified atom stereocenters. The largest absolute Gasteiger partial charge is 0.481 e. The number of nitrogens with zero attached hydrogens (tertiary/aromatic N) is 1. The molecule has 102 valence electrons. The van der Waals surface area contributed by atoms with E-state index in [9.17, 15) is 14.7 Å². The molecule has 5 heteroatoms. The summed E-state index contributed by atoms with van der Waals surface area (Å²) in [5, 5.41) is 18.6. The third kappa shape index (κ3) is 2.00. The van der Waals surface area contributed by atoms with Crippen LogP contribution in [0.1, 0.15) is 27.2 Å². The fourth-order valence-corrected chi connectivity index (χ4v) is 3.14. The lowest BCUT2D eigenvalue weighted by Gasteiger charge is -2.18. The van der Waals surface area contributed by atoms with E-state index in [2.05, 4.69) is 0 Å². The van der Waals surface area contributed by atoms with Gasteiger partial charge in [-0.15, -0.1) is 0 Å². The van der Waals surface area contributed by atoms with Gasteiger partial charge < -0.3 is 15.1 Å². The first kappa shape index (κ1) is 13.3. The average Bonchev–Trinajstić information content (AvgIpc) is 2.64. The maximum Gasteiger partial charge on any atom is 0.307 e. The molecule has 0 aromatic carbocycles. The second-order valence-corrected chi connectivity index (χ2v) is 6.19. The van der Waals surface area contributed by atoms with Gasteiger partial charge in [-0.2, -0.15) is 0 Å². The van der Waals surface area contributed by atoms with Gasteiger partial charge in [0.25, 0.3) is 0 Å². The van der Waals surface area contributed by atoms with Gasteiger partial charge in [0.2, 0.25) is 5.91 Å². The third-order valence-corrected chi connectivity index (χ3v) is 4.58. The van der Waals surface area contributed by atoms with Crippen molar-refractivity contribution in [2.75, 3.05) is 13.1 Å². The van der Waals surface area contributed by atoms with Crippen LogP contribution in [0, 0.1) is 23.2 Å². The second-order valence-electron chi connectivity index (χ2n) is 6.19. The molecule has 0 spiro atoms. The molecular weight excluding hydrogens is 234 g/mol. The maximum atomic E-state index is 12.3. The van der Waals surface area contributed by atoms with E-state index in [0.29, 0.717) is 13.1 Å². The Balaban J connectivity index is 2.00. The van der Waals surface area contributed by atoms with Crippen molar-refractivity contribution in [3.63, 3.8) is 0 Å². The molecule has 0 radical (unpaired) electrons. The van der Waals surface area contributed by atoms with Crippen LogP contribution >= 0.6 is 0 Å². The number of carbonyl (C=O) groups is 2. The number of amides is 1. The zero-order valence-corrected chi connectivity index (χ0v) is 11.1. The number of likely N-dealkylation sites (tertiary alicyclic amines) is 1. The first-order chi connectivity index (χ1) is 8.26. The van der Waals surface area contributed by atoms with E-state index < -0.39 is 29.3 Å². The van der Waals surface area contributed by atoms with Crippen LogP contribution in [0.3, 0.4) is 0 Å². The number of aliphatic hydroxyl groups excluding tert-OH is 1. The highest BCUT2D eigenvalue weighted by Crippen LogP contribution is 2.59. The molecular formula is C13H21NO4. The van der Waals surface area contributed by atoms with Crippen molar-refractivity contribution in [2.24, 2.45) is 23.2 Å². The van der Waals surface area contributed by atoms with E-state index in [1.165, 1.54) is 0 Å². The highest BCUT2D eigenvalue weighted by molar-refractivity contribution is 5.91. The van der Waals surface area contributed by atoms with E-state index in [-0.39, 0.29) is 11.8 Å². The van der Waals surface area contributed by atoms with Gasteiger partial charge in [0.05, 0.1) is 17.9 Å². The van der Waals surface area contributed by atoms with Crippen molar-refractivity contribution >= 4 is 11.9 Å².